The molecule has 0 atom stereocenters. The number of nitrogens with zero attached hydrogens (tertiary/aromatic N) is 2. The van der Waals surface area contributed by atoms with Gasteiger partial charge in [-0.15, -0.1) is 0 Å². The van der Waals surface area contributed by atoms with E-state index in [1.165, 1.54) is 12.1 Å². The third-order valence-electron chi connectivity index (χ3n) is 4.57. The molecule has 162 valence electrons. The zero-order valence-corrected chi connectivity index (χ0v) is 18.4. The van der Waals surface area contributed by atoms with E-state index in [-0.39, 0.29) is 12.2 Å². The van der Waals surface area contributed by atoms with Crippen molar-refractivity contribution in [3.63, 3.8) is 0 Å². The lowest BCUT2D eigenvalue weighted by atomic mass is 10.2. The fraction of sp³-hybridized carbons (Fsp3) is 0.182. The molecule has 1 aromatic heterocycles. The number of nitrogens with one attached hydrogen (secondary N) is 2. The maximum absolute atomic E-state index is 12.8. The summed E-state index contributed by atoms with van der Waals surface area (Å²) in [6.45, 7) is 3.71. The number of alkyl halides is 3. The molecule has 3 rings (SSSR count). The molecule has 3 aromatic rings. The van der Waals surface area contributed by atoms with Crippen molar-refractivity contribution < 1.29 is 18.0 Å². The average molecular weight is 493 g/mol. The Morgan fingerprint density at radius 1 is 1.13 bits per heavy atom. The van der Waals surface area contributed by atoms with Crippen molar-refractivity contribution in [2.45, 2.75) is 20.0 Å². The molecule has 0 unspecified atom stereocenters. The lowest BCUT2D eigenvalue weighted by Gasteiger charge is -2.10. The number of rotatable bonds is 6. The predicted octanol–water partition coefficient (Wildman–Crippen LogP) is 5.44. The fourth-order valence-electron chi connectivity index (χ4n) is 3.13. The second-order valence-electron chi connectivity index (χ2n) is 6.87. The summed E-state index contributed by atoms with van der Waals surface area (Å²) in [5, 5.41) is 6.63. The molecule has 1 heterocycles. The van der Waals surface area contributed by atoms with E-state index in [9.17, 15) is 18.0 Å². The molecule has 31 heavy (non-hydrogen) atoms. The van der Waals surface area contributed by atoms with Crippen LogP contribution in [-0.4, -0.2) is 23.2 Å². The van der Waals surface area contributed by atoms with Crippen LogP contribution in [0.25, 0.3) is 5.69 Å². The number of carbonyl (C=O) groups excluding carboxylic acids is 1. The van der Waals surface area contributed by atoms with Crippen LogP contribution in [0.5, 0.6) is 0 Å². The largest absolute Gasteiger partial charge is 0.416 e. The van der Waals surface area contributed by atoms with Crippen LogP contribution in [0, 0.1) is 13.8 Å². The van der Waals surface area contributed by atoms with E-state index in [0.717, 1.165) is 39.2 Å². The molecule has 0 fully saturated rings. The Morgan fingerprint density at radius 2 is 1.87 bits per heavy atom. The summed E-state index contributed by atoms with van der Waals surface area (Å²) in [5.74, 6) is -0.477. The van der Waals surface area contributed by atoms with Gasteiger partial charge in [0.2, 0.25) is 0 Å². The summed E-state index contributed by atoms with van der Waals surface area (Å²) < 4.78 is 41.3. The van der Waals surface area contributed by atoms with Gasteiger partial charge in [-0.3, -0.25) is 4.79 Å². The van der Waals surface area contributed by atoms with Gasteiger partial charge in [0.05, 0.1) is 18.3 Å². The molecule has 0 spiro atoms. The first-order valence-electron chi connectivity index (χ1n) is 9.33. The van der Waals surface area contributed by atoms with Gasteiger partial charge in [-0.2, -0.15) is 18.3 Å². The van der Waals surface area contributed by atoms with Crippen molar-refractivity contribution in [2.75, 3.05) is 11.9 Å². The molecule has 0 saturated carbocycles. The lowest BCUT2D eigenvalue weighted by molar-refractivity contribution is -0.137. The van der Waals surface area contributed by atoms with Crippen LogP contribution in [0.15, 0.2) is 64.2 Å². The molecule has 2 aromatic carbocycles. The van der Waals surface area contributed by atoms with Gasteiger partial charge in [-0.25, -0.2) is 5.43 Å². The molecule has 0 aliphatic rings. The Balaban J connectivity index is 1.61. The van der Waals surface area contributed by atoms with E-state index in [4.69, 9.17) is 0 Å². The number of hydrogen-bond acceptors (Lipinski definition) is 3. The predicted molar refractivity (Wildman–Crippen MR) is 119 cm³/mol. The Morgan fingerprint density at radius 3 is 2.58 bits per heavy atom. The second kappa shape index (κ2) is 9.38. The molecule has 2 N–H and O–H groups in total. The van der Waals surface area contributed by atoms with Gasteiger partial charge in [0.1, 0.15) is 0 Å². The highest BCUT2D eigenvalue weighted by molar-refractivity contribution is 9.10. The maximum atomic E-state index is 12.8. The Labute approximate surface area is 186 Å². The highest BCUT2D eigenvalue weighted by atomic mass is 79.9. The van der Waals surface area contributed by atoms with Crippen LogP contribution in [-0.2, 0) is 11.0 Å². The molecule has 0 aliphatic carbocycles. The standard InChI is InChI=1S/C22H20BrF3N4O/c1-14-9-16(15(2)30(14)20-8-4-6-18(23)11-20)12-28-29-21(31)13-27-19-7-3-5-17(10-19)22(24,25)26/h3-12,27H,13H2,1-2H3,(H,29,31)/b28-12-. The quantitative estimate of drug-likeness (QED) is 0.355. The first-order chi connectivity index (χ1) is 14.6. The van der Waals surface area contributed by atoms with E-state index in [1.807, 2.05) is 44.2 Å². The summed E-state index contributed by atoms with van der Waals surface area (Å²) in [7, 11) is 0. The van der Waals surface area contributed by atoms with Gasteiger partial charge < -0.3 is 9.88 Å². The average Bonchev–Trinajstić information content (AvgIpc) is 2.99. The van der Waals surface area contributed by atoms with Gasteiger partial charge in [0.25, 0.3) is 5.91 Å². The third kappa shape index (κ3) is 5.75. The first kappa shape index (κ1) is 22.6. The van der Waals surface area contributed by atoms with Gasteiger partial charge in [-0.1, -0.05) is 28.1 Å². The Bertz CT molecular complexity index is 1120. The second-order valence-corrected chi connectivity index (χ2v) is 7.78. The van der Waals surface area contributed by atoms with Crippen LogP contribution >= 0.6 is 15.9 Å². The molecule has 0 aliphatic heterocycles. The minimum Gasteiger partial charge on any atom is -0.376 e. The van der Waals surface area contributed by atoms with E-state index in [2.05, 4.69) is 36.3 Å². The molecule has 0 saturated heterocycles. The summed E-state index contributed by atoms with van der Waals surface area (Å²) in [6, 6.07) is 14.5. The van der Waals surface area contributed by atoms with Gasteiger partial charge >= 0.3 is 6.18 Å². The number of aromatic nitrogens is 1. The topological polar surface area (TPSA) is 58.4 Å². The lowest BCUT2D eigenvalue weighted by Crippen LogP contribution is -2.26. The molecule has 1 amide bonds. The summed E-state index contributed by atoms with van der Waals surface area (Å²) in [4.78, 5) is 12.0. The SMILES string of the molecule is Cc1cc(/C=N\NC(=O)CNc2cccc(C(F)(F)F)c2)c(C)n1-c1cccc(Br)c1. The minimum atomic E-state index is -4.44. The number of carbonyl (C=O) groups is 1. The van der Waals surface area contributed by atoms with E-state index in [0.29, 0.717) is 0 Å². The van der Waals surface area contributed by atoms with Crippen LogP contribution in [0.2, 0.25) is 0 Å². The molecular weight excluding hydrogens is 473 g/mol. The number of halogens is 4. The third-order valence-corrected chi connectivity index (χ3v) is 5.07. The molecule has 0 bridgehead atoms. The minimum absolute atomic E-state index is 0.200. The number of anilines is 1. The fourth-order valence-corrected chi connectivity index (χ4v) is 3.52. The van der Waals surface area contributed by atoms with Crippen LogP contribution in [0.3, 0.4) is 0 Å². The normalized spacial score (nSPS) is 11.7. The van der Waals surface area contributed by atoms with Crippen LogP contribution in [0.1, 0.15) is 22.5 Å². The number of hydrazone groups is 1. The van der Waals surface area contributed by atoms with Crippen molar-refractivity contribution in [3.05, 3.63) is 81.6 Å². The van der Waals surface area contributed by atoms with E-state index < -0.39 is 17.6 Å². The van der Waals surface area contributed by atoms with E-state index >= 15 is 0 Å². The Kier molecular flexibility index (Phi) is 6.84. The number of hydrogen-bond donors (Lipinski definition) is 2. The Hall–Kier alpha value is -3.07. The van der Waals surface area contributed by atoms with Gasteiger partial charge in [0, 0.05) is 32.8 Å². The monoisotopic (exact) mass is 492 g/mol. The van der Waals surface area contributed by atoms with Crippen molar-refractivity contribution in [1.82, 2.24) is 9.99 Å². The van der Waals surface area contributed by atoms with Gasteiger partial charge in [-0.05, 0) is 56.3 Å². The van der Waals surface area contributed by atoms with Crippen LogP contribution < -0.4 is 10.7 Å². The summed E-state index contributed by atoms with van der Waals surface area (Å²) >= 11 is 3.47. The zero-order chi connectivity index (χ0) is 22.6. The molecule has 0 radical (unpaired) electrons. The van der Waals surface area contributed by atoms with E-state index in [1.54, 1.807) is 6.21 Å². The number of aryl methyl sites for hydroxylation is 1. The first-order valence-corrected chi connectivity index (χ1v) is 10.1. The summed E-state index contributed by atoms with van der Waals surface area (Å²) in [5.41, 5.74) is 5.60. The highest BCUT2D eigenvalue weighted by Gasteiger charge is 2.30. The van der Waals surface area contributed by atoms with Crippen molar-refractivity contribution in [2.24, 2.45) is 5.10 Å². The highest BCUT2D eigenvalue weighted by Crippen LogP contribution is 2.30. The smallest absolute Gasteiger partial charge is 0.376 e. The van der Waals surface area contributed by atoms with Crippen LogP contribution in [0.4, 0.5) is 18.9 Å². The molecule has 5 nitrogen and oxygen atoms in total. The zero-order valence-electron chi connectivity index (χ0n) is 16.8. The van der Waals surface area contributed by atoms with Gasteiger partial charge in [0.15, 0.2) is 0 Å². The molecular formula is C22H20BrF3N4O. The van der Waals surface area contributed by atoms with Crippen molar-refractivity contribution in [1.29, 1.82) is 0 Å². The molecule has 9 heteroatoms. The maximum Gasteiger partial charge on any atom is 0.416 e. The summed E-state index contributed by atoms with van der Waals surface area (Å²) in [6.07, 6.45) is -2.90. The van der Waals surface area contributed by atoms with Crippen molar-refractivity contribution >= 4 is 33.7 Å². The van der Waals surface area contributed by atoms with Crippen molar-refractivity contribution in [3.8, 4) is 5.69 Å². The number of amides is 1. The number of benzene rings is 2.